The highest BCUT2D eigenvalue weighted by molar-refractivity contribution is 5.94. The maximum Gasteiger partial charge on any atom is 0.251 e. The van der Waals surface area contributed by atoms with Crippen molar-refractivity contribution >= 4 is 11.9 Å². The van der Waals surface area contributed by atoms with Crippen molar-refractivity contribution in [3.8, 4) is 5.75 Å². The van der Waals surface area contributed by atoms with E-state index in [1.807, 2.05) is 6.07 Å². The Labute approximate surface area is 168 Å². The maximum atomic E-state index is 12.2. The number of carbonyl (C=O) groups is 1. The topological polar surface area (TPSA) is 84.0 Å². The molecule has 2 rings (SSSR count). The third-order valence-electron chi connectivity index (χ3n) is 4.81. The number of amides is 1. The van der Waals surface area contributed by atoms with Gasteiger partial charge in [-0.1, -0.05) is 31.7 Å². The highest BCUT2D eigenvalue weighted by Gasteiger charge is 2.12. The van der Waals surface area contributed by atoms with Crippen LogP contribution in [0.2, 0.25) is 0 Å². The molecule has 0 saturated heterocycles. The number of benzene rings is 1. The molecule has 1 aromatic carbocycles. The van der Waals surface area contributed by atoms with E-state index in [4.69, 9.17) is 9.47 Å². The third-order valence-corrected chi connectivity index (χ3v) is 4.81. The number of ether oxygens (including phenoxy) is 2. The van der Waals surface area contributed by atoms with E-state index in [0.29, 0.717) is 49.6 Å². The molecular formula is C21H34N4O3. The zero-order valence-electron chi connectivity index (χ0n) is 17.1. The Bertz CT molecular complexity index is 613. The van der Waals surface area contributed by atoms with Crippen molar-refractivity contribution in [1.82, 2.24) is 16.0 Å². The lowest BCUT2D eigenvalue weighted by Gasteiger charge is -2.17. The largest absolute Gasteiger partial charge is 0.497 e. The highest BCUT2D eigenvalue weighted by Crippen LogP contribution is 2.19. The molecule has 7 nitrogen and oxygen atoms in total. The van der Waals surface area contributed by atoms with Gasteiger partial charge in [-0.3, -0.25) is 9.79 Å². The molecule has 7 heteroatoms. The first kappa shape index (κ1) is 22.0. The van der Waals surface area contributed by atoms with Crippen LogP contribution in [0.3, 0.4) is 0 Å². The number of methoxy groups -OCH3 is 1. The van der Waals surface area contributed by atoms with Gasteiger partial charge in [0.15, 0.2) is 5.96 Å². The Hall–Kier alpha value is -2.28. The Kier molecular flexibility index (Phi) is 10.2. The van der Waals surface area contributed by atoms with Gasteiger partial charge in [-0.05, 0) is 31.0 Å². The predicted octanol–water partition coefficient (Wildman–Crippen LogP) is 2.33. The van der Waals surface area contributed by atoms with E-state index < -0.39 is 0 Å². The molecule has 0 atom stereocenters. The summed E-state index contributed by atoms with van der Waals surface area (Å²) in [4.78, 5) is 16.4. The molecule has 156 valence electrons. The molecule has 0 heterocycles. The standard InChI is InChI=1S/C21H34N4O3/c1-22-21(25-14-15-28-18-9-5-3-4-6-10-18)24-13-12-23-20(26)17-8-7-11-19(16-17)27-2/h7-8,11,16,18H,3-6,9-10,12-15H2,1-2H3,(H,23,26)(H2,22,24,25). The van der Waals surface area contributed by atoms with Crippen LogP contribution in [-0.2, 0) is 4.74 Å². The van der Waals surface area contributed by atoms with E-state index in [1.165, 1.54) is 38.5 Å². The number of nitrogens with one attached hydrogen (secondary N) is 3. The smallest absolute Gasteiger partial charge is 0.251 e. The van der Waals surface area contributed by atoms with E-state index in [1.54, 1.807) is 32.4 Å². The van der Waals surface area contributed by atoms with Gasteiger partial charge in [0, 0.05) is 32.2 Å². The molecule has 28 heavy (non-hydrogen) atoms. The Balaban J connectivity index is 1.58. The van der Waals surface area contributed by atoms with E-state index in [9.17, 15) is 4.79 Å². The molecule has 1 aliphatic rings. The van der Waals surface area contributed by atoms with Gasteiger partial charge < -0.3 is 25.4 Å². The molecule has 0 spiro atoms. The molecule has 1 aromatic rings. The minimum atomic E-state index is -0.125. The van der Waals surface area contributed by atoms with E-state index in [2.05, 4.69) is 20.9 Å². The Morgan fingerprint density at radius 3 is 2.50 bits per heavy atom. The molecule has 0 aliphatic heterocycles. The Morgan fingerprint density at radius 2 is 1.79 bits per heavy atom. The molecule has 1 saturated carbocycles. The third kappa shape index (κ3) is 8.17. The summed E-state index contributed by atoms with van der Waals surface area (Å²) >= 11 is 0. The first-order valence-corrected chi connectivity index (χ1v) is 10.2. The summed E-state index contributed by atoms with van der Waals surface area (Å²) in [7, 11) is 3.32. The average molecular weight is 391 g/mol. The van der Waals surface area contributed by atoms with Gasteiger partial charge in [-0.2, -0.15) is 0 Å². The van der Waals surface area contributed by atoms with Crippen LogP contribution < -0.4 is 20.7 Å². The summed E-state index contributed by atoms with van der Waals surface area (Å²) in [5, 5.41) is 9.32. The average Bonchev–Trinajstić information content (AvgIpc) is 3.01. The summed E-state index contributed by atoms with van der Waals surface area (Å²) in [6, 6.07) is 7.10. The van der Waals surface area contributed by atoms with Gasteiger partial charge in [-0.15, -0.1) is 0 Å². The van der Waals surface area contributed by atoms with Crippen LogP contribution in [0.4, 0.5) is 0 Å². The van der Waals surface area contributed by atoms with Gasteiger partial charge in [0.05, 0.1) is 19.8 Å². The molecular weight excluding hydrogens is 356 g/mol. The number of rotatable bonds is 9. The fraction of sp³-hybridized carbons (Fsp3) is 0.619. The van der Waals surface area contributed by atoms with Gasteiger partial charge in [-0.25, -0.2) is 0 Å². The summed E-state index contributed by atoms with van der Waals surface area (Å²) in [6.45, 7) is 2.47. The van der Waals surface area contributed by atoms with Crippen molar-refractivity contribution in [2.24, 2.45) is 4.99 Å². The second-order valence-corrected chi connectivity index (χ2v) is 6.90. The number of aliphatic imine (C=N–C) groups is 1. The Morgan fingerprint density at radius 1 is 1.07 bits per heavy atom. The van der Waals surface area contributed by atoms with Crippen molar-refractivity contribution in [2.75, 3.05) is 40.4 Å². The van der Waals surface area contributed by atoms with Crippen LogP contribution in [-0.4, -0.2) is 58.4 Å². The van der Waals surface area contributed by atoms with Crippen LogP contribution in [0.5, 0.6) is 5.75 Å². The minimum absolute atomic E-state index is 0.125. The number of guanidine groups is 1. The zero-order chi connectivity index (χ0) is 20.0. The van der Waals surface area contributed by atoms with E-state index >= 15 is 0 Å². The molecule has 0 bridgehead atoms. The highest BCUT2D eigenvalue weighted by atomic mass is 16.5. The SMILES string of the molecule is CN=C(NCCNC(=O)c1cccc(OC)c1)NCCOC1CCCCCC1. The molecule has 3 N–H and O–H groups in total. The van der Waals surface area contributed by atoms with Crippen molar-refractivity contribution in [1.29, 1.82) is 0 Å². The lowest BCUT2D eigenvalue weighted by molar-refractivity contribution is 0.0468. The fourth-order valence-corrected chi connectivity index (χ4v) is 3.25. The number of hydrogen-bond donors (Lipinski definition) is 3. The monoisotopic (exact) mass is 390 g/mol. The molecule has 1 fully saturated rings. The molecule has 0 radical (unpaired) electrons. The summed E-state index contributed by atoms with van der Waals surface area (Å²) in [5.41, 5.74) is 0.581. The summed E-state index contributed by atoms with van der Waals surface area (Å²) in [5.74, 6) is 1.25. The lowest BCUT2D eigenvalue weighted by Crippen LogP contribution is -2.42. The molecule has 0 aromatic heterocycles. The summed E-state index contributed by atoms with van der Waals surface area (Å²) < 4.78 is 11.1. The van der Waals surface area contributed by atoms with Crippen molar-refractivity contribution < 1.29 is 14.3 Å². The van der Waals surface area contributed by atoms with Gasteiger partial charge in [0.25, 0.3) is 5.91 Å². The van der Waals surface area contributed by atoms with Gasteiger partial charge in [0.2, 0.25) is 0 Å². The first-order valence-electron chi connectivity index (χ1n) is 10.2. The van der Waals surface area contributed by atoms with Crippen molar-refractivity contribution in [2.45, 2.75) is 44.6 Å². The second-order valence-electron chi connectivity index (χ2n) is 6.90. The van der Waals surface area contributed by atoms with Gasteiger partial charge in [0.1, 0.15) is 5.75 Å². The maximum absolute atomic E-state index is 12.2. The van der Waals surface area contributed by atoms with Gasteiger partial charge >= 0.3 is 0 Å². The van der Waals surface area contributed by atoms with Crippen LogP contribution in [0, 0.1) is 0 Å². The number of nitrogens with zero attached hydrogens (tertiary/aromatic N) is 1. The number of hydrogen-bond acceptors (Lipinski definition) is 4. The van der Waals surface area contributed by atoms with Crippen LogP contribution >= 0.6 is 0 Å². The van der Waals surface area contributed by atoms with Crippen LogP contribution in [0.15, 0.2) is 29.3 Å². The van der Waals surface area contributed by atoms with E-state index in [0.717, 1.165) is 0 Å². The fourth-order valence-electron chi connectivity index (χ4n) is 3.25. The molecule has 1 aliphatic carbocycles. The zero-order valence-corrected chi connectivity index (χ0v) is 17.1. The van der Waals surface area contributed by atoms with Crippen LogP contribution in [0.25, 0.3) is 0 Å². The quantitative estimate of drug-likeness (QED) is 0.261. The van der Waals surface area contributed by atoms with Crippen LogP contribution in [0.1, 0.15) is 48.9 Å². The number of carbonyl (C=O) groups excluding carboxylic acids is 1. The second kappa shape index (κ2) is 13.0. The van der Waals surface area contributed by atoms with Crippen molar-refractivity contribution in [3.05, 3.63) is 29.8 Å². The minimum Gasteiger partial charge on any atom is -0.497 e. The predicted molar refractivity (Wildman–Crippen MR) is 112 cm³/mol. The summed E-state index contributed by atoms with van der Waals surface area (Å²) in [6.07, 6.45) is 8.00. The molecule has 1 amide bonds. The first-order chi connectivity index (χ1) is 13.7. The normalized spacial score (nSPS) is 15.6. The molecule has 0 unspecified atom stereocenters. The lowest BCUT2D eigenvalue weighted by atomic mass is 10.1. The van der Waals surface area contributed by atoms with E-state index in [-0.39, 0.29) is 5.91 Å². The van der Waals surface area contributed by atoms with Crippen molar-refractivity contribution in [3.63, 3.8) is 0 Å².